The molecule has 3 aromatic rings. The van der Waals surface area contributed by atoms with Crippen LogP contribution in [0.25, 0.3) is 0 Å². The third kappa shape index (κ3) is 3.91. The minimum Gasteiger partial charge on any atom is -0.508 e. The van der Waals surface area contributed by atoms with E-state index in [1.165, 1.54) is 36.4 Å². The molecule has 1 saturated heterocycles. The van der Waals surface area contributed by atoms with Crippen LogP contribution in [-0.4, -0.2) is 16.1 Å². The summed E-state index contributed by atoms with van der Waals surface area (Å²) in [5.74, 6) is -1.10. The summed E-state index contributed by atoms with van der Waals surface area (Å²) in [6.07, 6.45) is -0.0344. The largest absolute Gasteiger partial charge is 0.508 e. The van der Waals surface area contributed by atoms with Crippen molar-refractivity contribution in [1.29, 1.82) is 0 Å². The number of hydrogen-bond acceptors (Lipinski definition) is 3. The van der Waals surface area contributed by atoms with E-state index in [9.17, 15) is 23.8 Å². The number of hydrogen-bond donors (Lipinski definition) is 2. The number of carbonyl (C=O) groups excluding carboxylic acids is 1. The lowest BCUT2D eigenvalue weighted by molar-refractivity contribution is -0.131. The molecule has 1 aliphatic heterocycles. The van der Waals surface area contributed by atoms with Crippen molar-refractivity contribution in [3.63, 3.8) is 0 Å². The molecular weight excluding hydrogens is 388 g/mol. The lowest BCUT2D eigenvalue weighted by atomic mass is 9.78. The zero-order valence-corrected chi connectivity index (χ0v) is 16.1. The van der Waals surface area contributed by atoms with Gasteiger partial charge in [0, 0.05) is 5.69 Å². The van der Waals surface area contributed by atoms with E-state index in [1.807, 2.05) is 0 Å². The van der Waals surface area contributed by atoms with Gasteiger partial charge in [-0.05, 0) is 72.5 Å². The first-order valence-electron chi connectivity index (χ1n) is 9.75. The molecule has 0 aliphatic carbocycles. The molecule has 0 bridgehead atoms. The zero-order valence-electron chi connectivity index (χ0n) is 16.1. The minimum atomic E-state index is -0.807. The summed E-state index contributed by atoms with van der Waals surface area (Å²) in [6, 6.07) is 17.7. The highest BCUT2D eigenvalue weighted by Crippen LogP contribution is 2.46. The number of phenolic OH excluding ortho intramolecular Hbond substituents is 1. The van der Waals surface area contributed by atoms with Crippen LogP contribution in [0.2, 0.25) is 0 Å². The van der Waals surface area contributed by atoms with Crippen LogP contribution in [0.3, 0.4) is 0 Å². The normalized spacial score (nSPS) is 19.4. The number of amides is 1. The number of halogens is 2. The molecule has 0 saturated carbocycles. The lowest BCUT2D eigenvalue weighted by Crippen LogP contribution is -2.55. The average molecular weight is 409 g/mol. The minimum absolute atomic E-state index is 0.106. The van der Waals surface area contributed by atoms with Crippen LogP contribution in [0.15, 0.2) is 72.8 Å². The zero-order chi connectivity index (χ0) is 21.3. The smallest absolute Gasteiger partial charge is 0.233 e. The van der Waals surface area contributed by atoms with Crippen molar-refractivity contribution in [2.75, 3.05) is 4.90 Å². The molecule has 0 aromatic heterocycles. The fourth-order valence-corrected chi connectivity index (χ4v) is 3.96. The maximum absolute atomic E-state index is 13.3. The number of aliphatic hydroxyl groups is 1. The van der Waals surface area contributed by atoms with Gasteiger partial charge in [0.2, 0.25) is 5.91 Å². The van der Waals surface area contributed by atoms with E-state index in [4.69, 9.17) is 0 Å². The fourth-order valence-electron chi connectivity index (χ4n) is 3.96. The average Bonchev–Trinajstić information content (AvgIpc) is 2.74. The molecule has 1 amide bonds. The molecule has 3 aromatic carbocycles. The number of aromatic hydroxyl groups is 1. The Morgan fingerprint density at radius 1 is 0.867 bits per heavy atom. The summed E-state index contributed by atoms with van der Waals surface area (Å²) in [7, 11) is 0. The number of benzene rings is 3. The number of anilines is 1. The number of β-lactam (4-membered cyclic amide) rings is 1. The summed E-state index contributed by atoms with van der Waals surface area (Å²) >= 11 is 0. The van der Waals surface area contributed by atoms with Crippen molar-refractivity contribution in [2.45, 2.75) is 25.0 Å². The van der Waals surface area contributed by atoms with Gasteiger partial charge in [-0.25, -0.2) is 8.78 Å². The standard InChI is InChI=1S/C24H21F2NO3/c25-17-5-1-15(2-6-17)22(29)14-13-21-23(16-3-11-20(28)12-4-16)27(24(21)30)19-9-7-18(26)8-10-19/h1-12,21-23,28-29H,13-14H2/t21?,22?,23-/m0/s1. The number of nitrogens with zero attached hydrogens (tertiary/aromatic N) is 1. The first kappa shape index (κ1) is 20.0. The Kier molecular flexibility index (Phi) is 5.50. The van der Waals surface area contributed by atoms with Gasteiger partial charge in [0.15, 0.2) is 0 Å². The summed E-state index contributed by atoms with van der Waals surface area (Å²) < 4.78 is 26.4. The van der Waals surface area contributed by atoms with Gasteiger partial charge in [0.05, 0.1) is 18.1 Å². The van der Waals surface area contributed by atoms with Crippen LogP contribution < -0.4 is 4.90 Å². The highest BCUT2D eigenvalue weighted by atomic mass is 19.1. The van der Waals surface area contributed by atoms with Crippen molar-refractivity contribution in [2.24, 2.45) is 5.92 Å². The maximum Gasteiger partial charge on any atom is 0.233 e. The maximum atomic E-state index is 13.3. The Labute approximate surface area is 173 Å². The van der Waals surface area contributed by atoms with Crippen LogP contribution >= 0.6 is 0 Å². The highest BCUT2D eigenvalue weighted by molar-refractivity contribution is 6.03. The van der Waals surface area contributed by atoms with Gasteiger partial charge < -0.3 is 15.1 Å². The van der Waals surface area contributed by atoms with Gasteiger partial charge in [0.25, 0.3) is 0 Å². The molecular formula is C24H21F2NO3. The van der Waals surface area contributed by atoms with E-state index < -0.39 is 6.10 Å². The number of phenols is 1. The fraction of sp³-hybridized carbons (Fsp3) is 0.208. The van der Waals surface area contributed by atoms with Crippen LogP contribution in [0.5, 0.6) is 5.75 Å². The van der Waals surface area contributed by atoms with Gasteiger partial charge in [-0.3, -0.25) is 4.79 Å². The van der Waals surface area contributed by atoms with Gasteiger partial charge in [-0.2, -0.15) is 0 Å². The molecule has 2 unspecified atom stereocenters. The Morgan fingerprint density at radius 3 is 2.03 bits per heavy atom. The predicted molar refractivity (Wildman–Crippen MR) is 109 cm³/mol. The van der Waals surface area contributed by atoms with Crippen molar-refractivity contribution < 1.29 is 23.8 Å². The van der Waals surface area contributed by atoms with Crippen LogP contribution in [0.1, 0.15) is 36.1 Å². The molecule has 1 aliphatic rings. The summed E-state index contributed by atoms with van der Waals surface area (Å²) in [5, 5.41) is 20.1. The summed E-state index contributed by atoms with van der Waals surface area (Å²) in [6.45, 7) is 0. The monoisotopic (exact) mass is 409 g/mol. The quantitative estimate of drug-likeness (QED) is 0.570. The molecule has 6 heteroatoms. The molecule has 30 heavy (non-hydrogen) atoms. The Balaban J connectivity index is 1.55. The highest BCUT2D eigenvalue weighted by Gasteiger charge is 2.48. The second-order valence-electron chi connectivity index (χ2n) is 7.47. The molecule has 4 rings (SSSR count). The number of rotatable bonds is 6. The van der Waals surface area contributed by atoms with Crippen LogP contribution in [-0.2, 0) is 4.79 Å². The van der Waals surface area contributed by atoms with Crippen molar-refractivity contribution in [1.82, 2.24) is 0 Å². The van der Waals surface area contributed by atoms with E-state index in [-0.39, 0.29) is 35.3 Å². The van der Waals surface area contributed by atoms with E-state index in [0.717, 1.165) is 5.56 Å². The topological polar surface area (TPSA) is 60.8 Å². The second-order valence-corrected chi connectivity index (χ2v) is 7.47. The second kappa shape index (κ2) is 8.24. The number of carbonyl (C=O) groups is 1. The van der Waals surface area contributed by atoms with E-state index >= 15 is 0 Å². The first-order valence-corrected chi connectivity index (χ1v) is 9.75. The van der Waals surface area contributed by atoms with Crippen LogP contribution in [0.4, 0.5) is 14.5 Å². The summed E-state index contributed by atoms with van der Waals surface area (Å²) in [4.78, 5) is 14.6. The molecule has 1 fully saturated rings. The van der Waals surface area contributed by atoms with E-state index in [0.29, 0.717) is 24.1 Å². The molecule has 154 valence electrons. The predicted octanol–water partition coefficient (Wildman–Crippen LogP) is 4.89. The van der Waals surface area contributed by atoms with E-state index in [2.05, 4.69) is 0 Å². The summed E-state index contributed by atoms with van der Waals surface area (Å²) in [5.41, 5.74) is 2.03. The van der Waals surface area contributed by atoms with Gasteiger partial charge in [-0.15, -0.1) is 0 Å². The SMILES string of the molecule is O=C1C(CCC(O)c2ccc(F)cc2)[C@H](c2ccc(O)cc2)N1c1ccc(F)cc1. The third-order valence-electron chi connectivity index (χ3n) is 5.56. The van der Waals surface area contributed by atoms with Crippen LogP contribution in [0, 0.1) is 17.6 Å². The molecule has 2 N–H and O–H groups in total. The van der Waals surface area contributed by atoms with Crippen molar-refractivity contribution in [3.8, 4) is 5.75 Å². The van der Waals surface area contributed by atoms with Gasteiger partial charge >= 0.3 is 0 Å². The van der Waals surface area contributed by atoms with Gasteiger partial charge in [0.1, 0.15) is 17.4 Å². The number of aliphatic hydroxyl groups excluding tert-OH is 1. The van der Waals surface area contributed by atoms with E-state index in [1.54, 1.807) is 41.3 Å². The van der Waals surface area contributed by atoms with Gasteiger partial charge in [-0.1, -0.05) is 24.3 Å². The molecule has 3 atom stereocenters. The lowest BCUT2D eigenvalue weighted by Gasteiger charge is -2.48. The molecule has 1 heterocycles. The first-order chi connectivity index (χ1) is 14.4. The molecule has 4 nitrogen and oxygen atoms in total. The third-order valence-corrected chi connectivity index (χ3v) is 5.56. The van der Waals surface area contributed by atoms with Crippen molar-refractivity contribution in [3.05, 3.63) is 95.6 Å². The molecule has 0 radical (unpaired) electrons. The van der Waals surface area contributed by atoms with Crippen molar-refractivity contribution >= 4 is 11.6 Å². The Morgan fingerprint density at radius 2 is 1.43 bits per heavy atom. The Hall–Kier alpha value is -3.25. The molecule has 0 spiro atoms. The Bertz CT molecular complexity index is 1020.